The van der Waals surface area contributed by atoms with Gasteiger partial charge in [0.15, 0.2) is 0 Å². The summed E-state index contributed by atoms with van der Waals surface area (Å²) in [6, 6.07) is 0. The summed E-state index contributed by atoms with van der Waals surface area (Å²) in [5, 5.41) is 0. The van der Waals surface area contributed by atoms with Gasteiger partial charge in [0.25, 0.3) is 0 Å². The van der Waals surface area contributed by atoms with Crippen LogP contribution in [-0.4, -0.2) is 0 Å². The molecule has 0 saturated heterocycles. The molecule has 0 bridgehead atoms. The lowest BCUT2D eigenvalue weighted by Crippen LogP contribution is -2.03. The monoisotopic (exact) mass is 98.1 g/mol. The van der Waals surface area contributed by atoms with Crippen molar-refractivity contribution in [2.24, 2.45) is 0 Å². The third-order valence-electron chi connectivity index (χ3n) is 0.793. The van der Waals surface area contributed by atoms with Crippen LogP contribution in [0.3, 0.4) is 0 Å². The summed E-state index contributed by atoms with van der Waals surface area (Å²) in [4.78, 5) is 4.71. The summed E-state index contributed by atoms with van der Waals surface area (Å²) in [6.45, 7) is 1.89. The third kappa shape index (κ3) is 1.59. The molecule has 1 heterocycles. The zero-order valence-electron chi connectivity index (χ0n) is 4.05. The molecule has 0 unspecified atom stereocenters. The highest BCUT2D eigenvalue weighted by molar-refractivity contribution is 4.78. The second kappa shape index (κ2) is 2.64. The Bertz CT molecular complexity index is 62.5. The number of allylic oxidation sites excluding steroid dienone is 1. The molecule has 7 heavy (non-hydrogen) atoms. The number of hydrogen-bond donors (Lipinski definition) is 1. The van der Waals surface area contributed by atoms with Crippen molar-refractivity contribution in [2.75, 3.05) is 0 Å². The molecule has 39 valence electrons. The highest BCUT2D eigenvalue weighted by Crippen LogP contribution is 1.96. The minimum atomic E-state index is 1.05. The molecule has 1 radical (unpaired) electrons. The van der Waals surface area contributed by atoms with Crippen LogP contribution in [-0.2, 0) is 4.84 Å². The first-order valence-electron chi connectivity index (χ1n) is 2.38. The molecule has 2 nitrogen and oxygen atoms in total. The molecular formula is C5H8NO. The fourth-order valence-electron chi connectivity index (χ4n) is 0.442. The maximum absolute atomic E-state index is 4.71. The van der Waals surface area contributed by atoms with Gasteiger partial charge in [0.2, 0.25) is 0 Å². The normalized spacial score (nSPS) is 20.6. The predicted molar refractivity (Wildman–Crippen MR) is 26.9 cm³/mol. The first-order valence-corrected chi connectivity index (χ1v) is 2.38. The van der Waals surface area contributed by atoms with E-state index >= 15 is 0 Å². The van der Waals surface area contributed by atoms with Gasteiger partial charge < -0.3 is 4.84 Å². The largest absolute Gasteiger partial charge is 0.417 e. The van der Waals surface area contributed by atoms with E-state index in [0.717, 1.165) is 12.8 Å². The van der Waals surface area contributed by atoms with Crippen LogP contribution in [0.25, 0.3) is 0 Å². The van der Waals surface area contributed by atoms with E-state index in [4.69, 9.17) is 4.84 Å². The molecule has 1 rings (SSSR count). The van der Waals surface area contributed by atoms with Crippen LogP contribution in [0.2, 0.25) is 0 Å². The summed E-state index contributed by atoms with van der Waals surface area (Å²) in [5.74, 6) is 0. The highest BCUT2D eigenvalue weighted by atomic mass is 16.6. The molecule has 0 amide bonds. The average Bonchev–Trinajstić information content (AvgIpc) is 1.90. The Kier molecular flexibility index (Phi) is 1.75. The molecule has 1 aliphatic rings. The van der Waals surface area contributed by atoms with Crippen molar-refractivity contribution in [1.82, 2.24) is 5.48 Å². The molecule has 0 saturated carbocycles. The summed E-state index contributed by atoms with van der Waals surface area (Å²) < 4.78 is 0. The van der Waals surface area contributed by atoms with Gasteiger partial charge in [-0.2, -0.15) is 5.48 Å². The van der Waals surface area contributed by atoms with Gasteiger partial charge in [-0.3, -0.25) is 0 Å². The van der Waals surface area contributed by atoms with Crippen molar-refractivity contribution >= 4 is 0 Å². The Morgan fingerprint density at radius 3 is 3.43 bits per heavy atom. The fourth-order valence-corrected chi connectivity index (χ4v) is 0.442. The summed E-state index contributed by atoms with van der Waals surface area (Å²) in [5.41, 5.74) is 2.64. The standard InChI is InChI=1S/C5H8NO/c1-2-4-6-7-5-3-1/h3-6H,1-2H2. The van der Waals surface area contributed by atoms with Gasteiger partial charge >= 0.3 is 0 Å². The zero-order valence-corrected chi connectivity index (χ0v) is 4.05. The molecule has 0 atom stereocenters. The molecule has 0 spiro atoms. The average molecular weight is 98.1 g/mol. The van der Waals surface area contributed by atoms with E-state index in [1.165, 1.54) is 0 Å². The highest BCUT2D eigenvalue weighted by Gasteiger charge is 1.87. The van der Waals surface area contributed by atoms with Crippen molar-refractivity contribution in [3.63, 3.8) is 0 Å². The lowest BCUT2D eigenvalue weighted by molar-refractivity contribution is 0.161. The van der Waals surface area contributed by atoms with E-state index in [-0.39, 0.29) is 0 Å². The third-order valence-corrected chi connectivity index (χ3v) is 0.793. The second-order valence-electron chi connectivity index (χ2n) is 1.39. The smallest absolute Gasteiger partial charge is 0.107 e. The van der Waals surface area contributed by atoms with E-state index in [1.54, 1.807) is 6.26 Å². The van der Waals surface area contributed by atoms with Crippen LogP contribution in [0.15, 0.2) is 12.3 Å². The van der Waals surface area contributed by atoms with E-state index in [2.05, 4.69) is 5.48 Å². The van der Waals surface area contributed by atoms with Crippen molar-refractivity contribution < 1.29 is 4.84 Å². The maximum atomic E-state index is 4.71. The van der Waals surface area contributed by atoms with Crippen LogP contribution in [0.4, 0.5) is 0 Å². The molecule has 1 aliphatic heterocycles. The lowest BCUT2D eigenvalue weighted by Gasteiger charge is -1.93. The molecule has 0 fully saturated rings. The summed E-state index contributed by atoms with van der Waals surface area (Å²) >= 11 is 0. The first kappa shape index (κ1) is 4.65. The van der Waals surface area contributed by atoms with Crippen molar-refractivity contribution in [2.45, 2.75) is 12.8 Å². The topological polar surface area (TPSA) is 21.3 Å². The maximum Gasteiger partial charge on any atom is 0.107 e. The van der Waals surface area contributed by atoms with Crippen molar-refractivity contribution in [3.05, 3.63) is 18.9 Å². The van der Waals surface area contributed by atoms with E-state index < -0.39 is 0 Å². The van der Waals surface area contributed by atoms with E-state index in [9.17, 15) is 0 Å². The van der Waals surface area contributed by atoms with Gasteiger partial charge in [0.1, 0.15) is 6.26 Å². The number of hydroxylamine groups is 1. The molecule has 1 N–H and O–H groups in total. The Morgan fingerprint density at radius 1 is 1.43 bits per heavy atom. The molecular weight excluding hydrogens is 90.1 g/mol. The van der Waals surface area contributed by atoms with Gasteiger partial charge in [-0.25, -0.2) is 0 Å². The van der Waals surface area contributed by atoms with Crippen LogP contribution < -0.4 is 5.48 Å². The summed E-state index contributed by atoms with van der Waals surface area (Å²) in [7, 11) is 0. The fraction of sp³-hybridized carbons (Fsp3) is 0.400. The number of nitrogens with one attached hydrogen (secondary N) is 1. The van der Waals surface area contributed by atoms with Gasteiger partial charge in [-0.05, 0) is 18.9 Å². The van der Waals surface area contributed by atoms with Gasteiger partial charge in [-0.1, -0.05) is 0 Å². The summed E-state index contributed by atoms with van der Waals surface area (Å²) in [6.07, 6.45) is 5.77. The van der Waals surface area contributed by atoms with Crippen LogP contribution in [0.5, 0.6) is 0 Å². The van der Waals surface area contributed by atoms with Gasteiger partial charge in [0, 0.05) is 0 Å². The van der Waals surface area contributed by atoms with Crippen molar-refractivity contribution in [3.8, 4) is 0 Å². The lowest BCUT2D eigenvalue weighted by atomic mass is 10.3. The molecule has 0 aliphatic carbocycles. The van der Waals surface area contributed by atoms with Crippen LogP contribution in [0.1, 0.15) is 12.8 Å². The Labute approximate surface area is 43.1 Å². The SMILES string of the molecule is [CH]1CCC=CON1. The molecule has 0 aromatic heterocycles. The number of rotatable bonds is 0. The first-order chi connectivity index (χ1) is 3.50. The van der Waals surface area contributed by atoms with Gasteiger partial charge in [-0.15, -0.1) is 0 Å². The van der Waals surface area contributed by atoms with Crippen LogP contribution in [0, 0.1) is 6.54 Å². The molecule has 0 aromatic carbocycles. The van der Waals surface area contributed by atoms with Crippen LogP contribution >= 0.6 is 0 Å². The van der Waals surface area contributed by atoms with E-state index in [0.29, 0.717) is 0 Å². The Morgan fingerprint density at radius 2 is 2.43 bits per heavy atom. The predicted octanol–water partition coefficient (Wildman–Crippen LogP) is 0.977. The number of hydrogen-bond acceptors (Lipinski definition) is 2. The molecule has 2 heteroatoms. The second-order valence-corrected chi connectivity index (χ2v) is 1.39. The molecule has 0 aromatic rings. The van der Waals surface area contributed by atoms with E-state index in [1.807, 2.05) is 12.6 Å². The van der Waals surface area contributed by atoms with Crippen molar-refractivity contribution in [1.29, 1.82) is 0 Å². The minimum Gasteiger partial charge on any atom is -0.417 e. The van der Waals surface area contributed by atoms with Gasteiger partial charge in [0.05, 0.1) is 6.54 Å². The Balaban J connectivity index is 2.20. The quantitative estimate of drug-likeness (QED) is 0.487. The zero-order chi connectivity index (χ0) is 4.95. The Hall–Kier alpha value is -0.500. The minimum absolute atomic E-state index is 1.05.